The number of carbonyl (C=O) groups is 2. The molecule has 9 heteroatoms. The van der Waals surface area contributed by atoms with E-state index in [1.54, 1.807) is 43.0 Å². The SMILES string of the molecule is CSc1ccc(NC(=O)O[C@@H](c2cc(Br)ccc2O)[C@@H](C)/C=C/C(=O)NO)cc1. The molecule has 2 aromatic carbocycles. The van der Waals surface area contributed by atoms with Crippen LogP contribution in [-0.4, -0.2) is 28.6 Å². The number of benzene rings is 2. The summed E-state index contributed by atoms with van der Waals surface area (Å²) in [4.78, 5) is 24.8. The van der Waals surface area contributed by atoms with Gasteiger partial charge in [-0.15, -0.1) is 11.8 Å². The Hall–Kier alpha value is -2.49. The smallest absolute Gasteiger partial charge is 0.412 e. The van der Waals surface area contributed by atoms with Crippen molar-refractivity contribution >= 4 is 45.4 Å². The van der Waals surface area contributed by atoms with E-state index in [9.17, 15) is 14.7 Å². The molecule has 2 amide bonds. The van der Waals surface area contributed by atoms with Gasteiger partial charge in [0.15, 0.2) is 0 Å². The van der Waals surface area contributed by atoms with Gasteiger partial charge in [0, 0.05) is 32.6 Å². The topological polar surface area (TPSA) is 108 Å². The molecule has 2 aromatic rings. The van der Waals surface area contributed by atoms with Gasteiger partial charge >= 0.3 is 6.09 Å². The summed E-state index contributed by atoms with van der Waals surface area (Å²) in [5.41, 5.74) is 2.43. The van der Waals surface area contributed by atoms with Crippen molar-refractivity contribution in [3.05, 3.63) is 64.7 Å². The largest absolute Gasteiger partial charge is 0.508 e. The summed E-state index contributed by atoms with van der Waals surface area (Å²) in [5.74, 6) is -1.26. The summed E-state index contributed by atoms with van der Waals surface area (Å²) in [5, 5.41) is 21.5. The van der Waals surface area contributed by atoms with E-state index in [1.165, 1.54) is 17.6 Å². The van der Waals surface area contributed by atoms with Crippen molar-refractivity contribution in [3.8, 4) is 5.75 Å². The lowest BCUT2D eigenvalue weighted by molar-refractivity contribution is -0.124. The molecule has 0 radical (unpaired) electrons. The third-order valence-electron chi connectivity index (χ3n) is 4.01. The van der Waals surface area contributed by atoms with Crippen molar-refractivity contribution in [2.45, 2.75) is 17.9 Å². The highest BCUT2D eigenvalue weighted by molar-refractivity contribution is 9.10. The van der Waals surface area contributed by atoms with Crippen LogP contribution in [-0.2, 0) is 9.53 Å². The zero-order chi connectivity index (χ0) is 21.4. The molecule has 2 atom stereocenters. The van der Waals surface area contributed by atoms with Crippen molar-refractivity contribution in [1.82, 2.24) is 5.48 Å². The highest BCUT2D eigenvalue weighted by Gasteiger charge is 2.25. The third-order valence-corrected chi connectivity index (χ3v) is 5.24. The number of halogens is 1. The van der Waals surface area contributed by atoms with E-state index in [1.807, 2.05) is 18.4 Å². The maximum atomic E-state index is 12.5. The summed E-state index contributed by atoms with van der Waals surface area (Å²) in [6.45, 7) is 1.71. The molecule has 4 N–H and O–H groups in total. The van der Waals surface area contributed by atoms with Crippen LogP contribution in [0.1, 0.15) is 18.6 Å². The predicted octanol–water partition coefficient (Wildman–Crippen LogP) is 4.86. The Kier molecular flexibility index (Phi) is 8.56. The minimum atomic E-state index is -0.888. The van der Waals surface area contributed by atoms with Crippen molar-refractivity contribution in [1.29, 1.82) is 0 Å². The predicted molar refractivity (Wildman–Crippen MR) is 115 cm³/mol. The highest BCUT2D eigenvalue weighted by Crippen LogP contribution is 2.35. The van der Waals surface area contributed by atoms with E-state index in [-0.39, 0.29) is 5.75 Å². The van der Waals surface area contributed by atoms with Crippen LogP contribution in [0, 0.1) is 5.92 Å². The molecule has 0 aromatic heterocycles. The molecule has 0 aliphatic heterocycles. The lowest BCUT2D eigenvalue weighted by Gasteiger charge is -2.23. The molecule has 0 aliphatic carbocycles. The average molecular weight is 481 g/mol. The first-order valence-corrected chi connectivity index (χ1v) is 10.6. The van der Waals surface area contributed by atoms with Crippen molar-refractivity contribution in [3.63, 3.8) is 0 Å². The molecule has 0 heterocycles. The number of hydrogen-bond donors (Lipinski definition) is 4. The maximum Gasteiger partial charge on any atom is 0.412 e. The fraction of sp³-hybridized carbons (Fsp3) is 0.200. The maximum absolute atomic E-state index is 12.5. The molecule has 2 rings (SSSR count). The summed E-state index contributed by atoms with van der Waals surface area (Å²) in [7, 11) is 0. The molecule has 0 aliphatic rings. The first kappa shape index (κ1) is 22.8. The van der Waals surface area contributed by atoms with Crippen LogP contribution in [0.15, 0.2) is 64.0 Å². The summed E-state index contributed by atoms with van der Waals surface area (Å²) < 4.78 is 6.27. The van der Waals surface area contributed by atoms with E-state index in [4.69, 9.17) is 9.94 Å². The van der Waals surface area contributed by atoms with Crippen molar-refractivity contribution in [2.24, 2.45) is 5.92 Å². The number of amides is 2. The molecule has 0 saturated carbocycles. The number of phenols is 1. The van der Waals surface area contributed by atoms with Gasteiger partial charge in [-0.2, -0.15) is 0 Å². The Morgan fingerprint density at radius 3 is 2.52 bits per heavy atom. The van der Waals surface area contributed by atoms with Gasteiger partial charge in [0.2, 0.25) is 0 Å². The summed E-state index contributed by atoms with van der Waals surface area (Å²) in [6.07, 6.45) is 2.95. The minimum absolute atomic E-state index is 0.0535. The Balaban J connectivity index is 2.23. The number of hydrogen-bond acceptors (Lipinski definition) is 6. The number of carbonyl (C=O) groups excluding carboxylic acids is 2. The van der Waals surface area contributed by atoms with Crippen molar-refractivity contribution < 1.29 is 24.6 Å². The van der Waals surface area contributed by atoms with Gasteiger partial charge in [0.25, 0.3) is 5.91 Å². The van der Waals surface area contributed by atoms with Crippen molar-refractivity contribution in [2.75, 3.05) is 11.6 Å². The lowest BCUT2D eigenvalue weighted by Crippen LogP contribution is -2.22. The summed E-state index contributed by atoms with van der Waals surface area (Å²) >= 11 is 4.92. The molecule has 154 valence electrons. The average Bonchev–Trinajstić information content (AvgIpc) is 2.72. The van der Waals surface area contributed by atoms with Crippen LogP contribution in [0.2, 0.25) is 0 Å². The molecular formula is C20H21BrN2O5S. The second kappa shape index (κ2) is 10.9. The zero-order valence-electron chi connectivity index (χ0n) is 15.8. The van der Waals surface area contributed by atoms with Gasteiger partial charge in [-0.25, -0.2) is 10.3 Å². The molecule has 7 nitrogen and oxygen atoms in total. The van der Waals surface area contributed by atoms with Gasteiger partial charge in [0.05, 0.1) is 0 Å². The second-order valence-corrected chi connectivity index (χ2v) is 7.87. The zero-order valence-corrected chi connectivity index (χ0v) is 18.2. The van der Waals surface area contributed by atoms with Gasteiger partial charge in [-0.05, 0) is 48.7 Å². The van der Waals surface area contributed by atoms with Gasteiger partial charge < -0.3 is 9.84 Å². The molecular weight excluding hydrogens is 460 g/mol. The number of rotatable bonds is 7. The molecule has 0 bridgehead atoms. The Labute approximate surface area is 181 Å². The Bertz CT molecular complexity index is 889. The Morgan fingerprint density at radius 2 is 1.90 bits per heavy atom. The second-order valence-electron chi connectivity index (χ2n) is 6.08. The van der Waals surface area contributed by atoms with Gasteiger partial charge in [0.1, 0.15) is 11.9 Å². The first-order chi connectivity index (χ1) is 13.8. The number of aromatic hydroxyl groups is 1. The lowest BCUT2D eigenvalue weighted by atomic mass is 9.96. The number of phenolic OH excluding ortho intramolecular Hbond substituents is 1. The van der Waals surface area contributed by atoms with Crippen LogP contribution in [0.5, 0.6) is 5.75 Å². The van der Waals surface area contributed by atoms with Crippen LogP contribution in [0.3, 0.4) is 0 Å². The number of nitrogens with one attached hydrogen (secondary N) is 2. The van der Waals surface area contributed by atoms with E-state index in [2.05, 4.69) is 21.2 Å². The third kappa shape index (κ3) is 6.81. The summed E-state index contributed by atoms with van der Waals surface area (Å²) in [6, 6.07) is 12.0. The number of ether oxygens (including phenoxy) is 1. The van der Waals surface area contributed by atoms with E-state index in [0.717, 1.165) is 11.0 Å². The standard InChI is InChI=1S/C20H21BrN2O5S/c1-12(3-10-18(25)23-27)19(16-11-13(21)4-9-17(16)24)28-20(26)22-14-5-7-15(29-2)8-6-14/h3-12,19,24,27H,1-2H3,(H,22,26)(H,23,25)/b10-3+/t12-,19+/m0/s1. The van der Waals surface area contributed by atoms with E-state index >= 15 is 0 Å². The first-order valence-electron chi connectivity index (χ1n) is 8.56. The fourth-order valence-corrected chi connectivity index (χ4v) is 3.31. The molecule has 0 fully saturated rings. The molecule has 29 heavy (non-hydrogen) atoms. The van der Waals surface area contributed by atoms with E-state index < -0.39 is 24.0 Å². The van der Waals surface area contributed by atoms with E-state index in [0.29, 0.717) is 15.7 Å². The highest BCUT2D eigenvalue weighted by atomic mass is 79.9. The Morgan fingerprint density at radius 1 is 1.21 bits per heavy atom. The minimum Gasteiger partial charge on any atom is -0.508 e. The van der Waals surface area contributed by atoms with Gasteiger partial charge in [-0.3, -0.25) is 15.3 Å². The molecule has 0 saturated heterocycles. The van der Waals surface area contributed by atoms with Crippen LogP contribution < -0.4 is 10.8 Å². The number of hydroxylamine groups is 1. The van der Waals surface area contributed by atoms with Crippen LogP contribution >= 0.6 is 27.7 Å². The normalized spacial score (nSPS) is 13.0. The fourth-order valence-electron chi connectivity index (χ4n) is 2.52. The quantitative estimate of drug-likeness (QED) is 0.195. The van der Waals surface area contributed by atoms with Crippen LogP contribution in [0.25, 0.3) is 0 Å². The number of anilines is 1. The molecule has 0 spiro atoms. The monoisotopic (exact) mass is 480 g/mol. The molecule has 0 unspecified atom stereocenters. The van der Waals surface area contributed by atoms with Gasteiger partial charge in [-0.1, -0.05) is 28.9 Å². The van der Waals surface area contributed by atoms with Crippen LogP contribution in [0.4, 0.5) is 10.5 Å². The number of thioether (sulfide) groups is 1.